The lowest BCUT2D eigenvalue weighted by atomic mass is 10.2. The zero-order valence-electron chi connectivity index (χ0n) is 17.9. The summed E-state index contributed by atoms with van der Waals surface area (Å²) in [5.41, 5.74) is 0. The normalized spacial score (nSPS) is 22.0. The summed E-state index contributed by atoms with van der Waals surface area (Å²) in [6.45, 7) is 5.82. The van der Waals surface area contributed by atoms with Gasteiger partial charge in [-0.1, -0.05) is 0 Å². The molecule has 32 heavy (non-hydrogen) atoms. The van der Waals surface area contributed by atoms with Gasteiger partial charge in [-0.2, -0.15) is 0 Å². The summed E-state index contributed by atoms with van der Waals surface area (Å²) in [6.07, 6.45) is 2.90. The van der Waals surface area contributed by atoms with Crippen molar-refractivity contribution in [2.75, 3.05) is 59.0 Å². The molecule has 0 radical (unpaired) electrons. The molecule has 1 unspecified atom stereocenters. The Morgan fingerprint density at radius 2 is 1.53 bits per heavy atom. The van der Waals surface area contributed by atoms with Gasteiger partial charge >= 0.3 is 11.9 Å². The highest BCUT2D eigenvalue weighted by Crippen LogP contribution is 2.12. The van der Waals surface area contributed by atoms with E-state index in [9.17, 15) is 24.0 Å². The molecule has 3 aliphatic rings. The Morgan fingerprint density at radius 3 is 2.09 bits per heavy atom. The van der Waals surface area contributed by atoms with Crippen LogP contribution in [0.4, 0.5) is 0 Å². The molecule has 12 nitrogen and oxygen atoms in total. The highest BCUT2D eigenvalue weighted by atomic mass is 16.5. The van der Waals surface area contributed by atoms with Crippen LogP contribution in [0.25, 0.3) is 0 Å². The number of carbonyl (C=O) groups excluding carboxylic acids is 3. The fourth-order valence-corrected chi connectivity index (χ4v) is 3.60. The van der Waals surface area contributed by atoms with Crippen LogP contribution >= 0.6 is 0 Å². The number of aliphatic carboxylic acids is 2. The van der Waals surface area contributed by atoms with Gasteiger partial charge in [0.15, 0.2) is 0 Å². The van der Waals surface area contributed by atoms with Crippen LogP contribution in [0.2, 0.25) is 0 Å². The van der Waals surface area contributed by atoms with Gasteiger partial charge in [0.2, 0.25) is 17.7 Å². The second-order valence-electron chi connectivity index (χ2n) is 7.62. The third kappa shape index (κ3) is 8.63. The number of morpholine rings is 1. The van der Waals surface area contributed by atoms with Crippen LogP contribution in [0.3, 0.4) is 0 Å². The molecule has 3 fully saturated rings. The van der Waals surface area contributed by atoms with Gasteiger partial charge in [0, 0.05) is 57.8 Å². The number of amides is 3. The largest absolute Gasteiger partial charge is 0.478 e. The number of carbonyl (C=O) groups is 5. The molecule has 12 heteroatoms. The van der Waals surface area contributed by atoms with Gasteiger partial charge in [-0.15, -0.1) is 0 Å². The van der Waals surface area contributed by atoms with E-state index in [0.29, 0.717) is 70.9 Å². The topological polar surface area (TPSA) is 157 Å². The molecule has 3 aliphatic heterocycles. The lowest BCUT2D eigenvalue weighted by molar-refractivity contribution is -0.136. The zero-order chi connectivity index (χ0) is 23.5. The van der Waals surface area contributed by atoms with E-state index in [1.54, 1.807) is 4.90 Å². The molecule has 3 amide bonds. The summed E-state index contributed by atoms with van der Waals surface area (Å²) in [4.78, 5) is 61.1. The van der Waals surface area contributed by atoms with E-state index in [1.165, 1.54) is 0 Å². The first-order valence-electron chi connectivity index (χ1n) is 10.6. The van der Waals surface area contributed by atoms with Crippen LogP contribution in [0.1, 0.15) is 19.3 Å². The van der Waals surface area contributed by atoms with E-state index < -0.39 is 11.9 Å². The number of hydrogen-bond donors (Lipinski definition) is 3. The minimum Gasteiger partial charge on any atom is -0.478 e. The van der Waals surface area contributed by atoms with Gasteiger partial charge in [-0.3, -0.25) is 19.3 Å². The van der Waals surface area contributed by atoms with Crippen molar-refractivity contribution in [3.8, 4) is 0 Å². The molecule has 0 aromatic rings. The second kappa shape index (κ2) is 12.8. The third-order valence-electron chi connectivity index (χ3n) is 5.28. The Labute approximate surface area is 185 Å². The molecule has 0 saturated carbocycles. The molecule has 3 rings (SSSR count). The summed E-state index contributed by atoms with van der Waals surface area (Å²) in [7, 11) is 0. The van der Waals surface area contributed by atoms with E-state index >= 15 is 0 Å². The number of nitrogens with zero attached hydrogens (tertiary/aromatic N) is 3. The molecular formula is C20H30N4O8. The molecule has 3 N–H and O–H groups in total. The predicted octanol–water partition coefficient (Wildman–Crippen LogP) is -1.63. The number of hydrogen-bond acceptors (Lipinski definition) is 7. The smallest absolute Gasteiger partial charge is 0.328 e. The Morgan fingerprint density at radius 1 is 0.938 bits per heavy atom. The maximum absolute atomic E-state index is 12.5. The standard InChI is InChI=1S/C16H26N4O4.C4H4O4/c21-14-3-2-13(17-14)16(23)20-5-1-4-19(6-7-20)15(22)12-18-8-10-24-11-9-18;5-3(6)1-2-4(7)8/h13H,1-12H2,(H,17,21);1-2H,(H,5,6)(H,7,8)/b;2-1+. The molecule has 3 heterocycles. The van der Waals surface area contributed by atoms with Gasteiger partial charge < -0.3 is 30.1 Å². The lowest BCUT2D eigenvalue weighted by Gasteiger charge is -2.29. The van der Waals surface area contributed by atoms with Gasteiger partial charge in [-0.05, 0) is 12.8 Å². The first-order chi connectivity index (χ1) is 15.3. The number of rotatable bonds is 5. The zero-order valence-corrected chi connectivity index (χ0v) is 17.9. The Bertz CT molecular complexity index is 719. The maximum Gasteiger partial charge on any atom is 0.328 e. The predicted molar refractivity (Wildman–Crippen MR) is 111 cm³/mol. The van der Waals surface area contributed by atoms with E-state index in [0.717, 1.165) is 19.5 Å². The highest BCUT2D eigenvalue weighted by molar-refractivity contribution is 5.91. The van der Waals surface area contributed by atoms with E-state index in [-0.39, 0.29) is 23.8 Å². The van der Waals surface area contributed by atoms with Crippen molar-refractivity contribution in [3.05, 3.63) is 12.2 Å². The molecule has 1 atom stereocenters. The van der Waals surface area contributed by atoms with Crippen LogP contribution in [-0.2, 0) is 28.7 Å². The molecule has 0 aromatic heterocycles. The average Bonchev–Trinajstić information content (AvgIpc) is 3.04. The van der Waals surface area contributed by atoms with E-state index in [1.807, 2.05) is 4.90 Å². The third-order valence-corrected chi connectivity index (χ3v) is 5.28. The molecule has 3 saturated heterocycles. The van der Waals surface area contributed by atoms with Crippen molar-refractivity contribution in [2.45, 2.75) is 25.3 Å². The minimum atomic E-state index is -1.26. The molecule has 178 valence electrons. The highest BCUT2D eigenvalue weighted by Gasteiger charge is 2.32. The molecule has 0 bridgehead atoms. The number of carboxylic acids is 2. The van der Waals surface area contributed by atoms with Crippen LogP contribution in [0, 0.1) is 0 Å². The summed E-state index contributed by atoms with van der Waals surface area (Å²) in [6, 6.07) is -0.381. The minimum absolute atomic E-state index is 0.0108. The fraction of sp³-hybridized carbons (Fsp3) is 0.650. The van der Waals surface area contributed by atoms with E-state index in [2.05, 4.69) is 10.2 Å². The average molecular weight is 454 g/mol. The number of ether oxygens (including phenoxy) is 1. The Kier molecular flexibility index (Phi) is 10.1. The lowest BCUT2D eigenvalue weighted by Crippen LogP contribution is -2.47. The molecule has 0 aromatic carbocycles. The second-order valence-corrected chi connectivity index (χ2v) is 7.62. The van der Waals surface area contributed by atoms with Gasteiger partial charge in [0.25, 0.3) is 0 Å². The summed E-state index contributed by atoms with van der Waals surface area (Å²) >= 11 is 0. The molecule has 0 aliphatic carbocycles. The monoisotopic (exact) mass is 454 g/mol. The summed E-state index contributed by atoms with van der Waals surface area (Å²) in [5, 5.41) is 18.4. The summed E-state index contributed by atoms with van der Waals surface area (Å²) < 4.78 is 5.30. The fourth-order valence-electron chi connectivity index (χ4n) is 3.60. The van der Waals surface area contributed by atoms with Crippen molar-refractivity contribution in [3.63, 3.8) is 0 Å². The number of nitrogens with one attached hydrogen (secondary N) is 1. The SMILES string of the molecule is O=C(O)/C=C/C(=O)O.O=C1CCC(C(=O)N2CCCN(C(=O)CN3CCOCC3)CC2)N1. The molecular weight excluding hydrogens is 424 g/mol. The van der Waals surface area contributed by atoms with Gasteiger partial charge in [0.05, 0.1) is 19.8 Å². The Hall–Kier alpha value is -2.99. The first kappa shape index (κ1) is 25.3. The van der Waals surface area contributed by atoms with Gasteiger partial charge in [-0.25, -0.2) is 9.59 Å². The van der Waals surface area contributed by atoms with E-state index in [4.69, 9.17) is 14.9 Å². The van der Waals surface area contributed by atoms with Crippen LogP contribution < -0.4 is 5.32 Å². The van der Waals surface area contributed by atoms with Crippen molar-refractivity contribution in [2.24, 2.45) is 0 Å². The van der Waals surface area contributed by atoms with Crippen LogP contribution in [-0.4, -0.2) is 120 Å². The number of carboxylic acid groups (broad SMARTS) is 2. The first-order valence-corrected chi connectivity index (χ1v) is 10.6. The van der Waals surface area contributed by atoms with Crippen LogP contribution in [0.5, 0.6) is 0 Å². The summed E-state index contributed by atoms with van der Waals surface area (Å²) in [5.74, 6) is -2.45. The molecule has 0 spiro atoms. The van der Waals surface area contributed by atoms with Crippen molar-refractivity contribution < 1.29 is 38.9 Å². The maximum atomic E-state index is 12.5. The van der Waals surface area contributed by atoms with Gasteiger partial charge in [0.1, 0.15) is 6.04 Å². The van der Waals surface area contributed by atoms with Crippen molar-refractivity contribution in [1.29, 1.82) is 0 Å². The Balaban J connectivity index is 0.000000390. The van der Waals surface area contributed by atoms with Crippen molar-refractivity contribution >= 4 is 29.7 Å². The quantitative estimate of drug-likeness (QED) is 0.415. The van der Waals surface area contributed by atoms with Crippen LogP contribution in [0.15, 0.2) is 12.2 Å². The van der Waals surface area contributed by atoms with Crippen molar-refractivity contribution in [1.82, 2.24) is 20.0 Å².